The Labute approximate surface area is 124 Å². The fraction of sp³-hybridized carbons (Fsp3) is 0.111. The number of rotatable bonds is 6. The minimum Gasteiger partial charge on any atom is -0.489 e. The van der Waals surface area contributed by atoms with Crippen molar-refractivity contribution in [1.29, 1.82) is 5.26 Å². The summed E-state index contributed by atoms with van der Waals surface area (Å²) >= 11 is 0. The van der Waals surface area contributed by atoms with Gasteiger partial charge in [0, 0.05) is 11.1 Å². The van der Waals surface area contributed by atoms with E-state index in [1.807, 2.05) is 18.2 Å². The van der Waals surface area contributed by atoms with Crippen molar-refractivity contribution in [3.05, 3.63) is 77.4 Å². The first-order valence-corrected chi connectivity index (χ1v) is 6.58. The molecule has 0 spiro atoms. The first-order valence-electron chi connectivity index (χ1n) is 6.58. The molecule has 0 radical (unpaired) electrons. The third-order valence-electron chi connectivity index (χ3n) is 3.11. The molecular weight excluding hydrogens is 262 g/mol. The van der Waals surface area contributed by atoms with Crippen molar-refractivity contribution in [2.75, 3.05) is 0 Å². The van der Waals surface area contributed by atoms with Crippen molar-refractivity contribution < 1.29 is 9.53 Å². The Bertz CT molecular complexity index is 699. The van der Waals surface area contributed by atoms with E-state index in [9.17, 15) is 4.79 Å². The van der Waals surface area contributed by atoms with Crippen LogP contribution in [0.3, 0.4) is 0 Å². The van der Waals surface area contributed by atoms with E-state index >= 15 is 0 Å². The lowest BCUT2D eigenvalue weighted by Crippen LogP contribution is -2.01. The number of hydrogen-bond acceptors (Lipinski definition) is 3. The molecule has 21 heavy (non-hydrogen) atoms. The van der Waals surface area contributed by atoms with Gasteiger partial charge in [-0.15, -0.1) is 6.58 Å². The van der Waals surface area contributed by atoms with Crippen molar-refractivity contribution in [2.24, 2.45) is 0 Å². The van der Waals surface area contributed by atoms with Crippen LogP contribution in [-0.4, -0.2) is 6.29 Å². The van der Waals surface area contributed by atoms with Crippen LogP contribution in [0.5, 0.6) is 5.75 Å². The first kappa shape index (κ1) is 14.5. The summed E-state index contributed by atoms with van der Waals surface area (Å²) in [6.45, 7) is 4.03. The Morgan fingerprint density at radius 1 is 1.19 bits per heavy atom. The van der Waals surface area contributed by atoms with Gasteiger partial charge < -0.3 is 4.74 Å². The highest BCUT2D eigenvalue weighted by Crippen LogP contribution is 2.22. The molecule has 0 aromatic heterocycles. The van der Waals surface area contributed by atoms with Crippen LogP contribution < -0.4 is 4.74 Å². The lowest BCUT2D eigenvalue weighted by molar-refractivity contribution is 0.112. The normalized spacial score (nSPS) is 9.67. The highest BCUT2D eigenvalue weighted by molar-refractivity contribution is 5.75. The van der Waals surface area contributed by atoms with E-state index < -0.39 is 0 Å². The highest BCUT2D eigenvalue weighted by Gasteiger charge is 2.06. The molecule has 2 aromatic rings. The predicted octanol–water partition coefficient (Wildman–Crippen LogP) is 3.68. The van der Waals surface area contributed by atoms with Crippen molar-refractivity contribution in [3.63, 3.8) is 0 Å². The second kappa shape index (κ2) is 7.06. The van der Waals surface area contributed by atoms with Gasteiger partial charge in [-0.1, -0.05) is 24.3 Å². The lowest BCUT2D eigenvalue weighted by Gasteiger charge is -2.12. The zero-order valence-corrected chi connectivity index (χ0v) is 11.6. The van der Waals surface area contributed by atoms with Gasteiger partial charge in [-0.25, -0.2) is 0 Å². The molecule has 0 saturated heterocycles. The molecule has 3 heteroatoms. The van der Waals surface area contributed by atoms with E-state index in [-0.39, 0.29) is 0 Å². The van der Waals surface area contributed by atoms with Crippen molar-refractivity contribution >= 4 is 6.29 Å². The number of allylic oxidation sites excluding steroid dienone is 1. The predicted molar refractivity (Wildman–Crippen MR) is 81.2 cm³/mol. The second-order valence-corrected chi connectivity index (χ2v) is 4.54. The van der Waals surface area contributed by atoms with Gasteiger partial charge in [-0.05, 0) is 36.2 Å². The standard InChI is InChI=1S/C18H15NO2/c1-2-5-15-10-14(12-20)8-9-18(15)21-13-17-7-4-3-6-16(17)11-19/h2-4,6-10,12H,1,5,13H2. The molecule has 0 atom stereocenters. The quantitative estimate of drug-likeness (QED) is 0.598. The molecule has 0 heterocycles. The molecule has 2 rings (SSSR count). The fourth-order valence-electron chi connectivity index (χ4n) is 2.04. The monoisotopic (exact) mass is 277 g/mol. The molecule has 0 fully saturated rings. The van der Waals surface area contributed by atoms with E-state index in [0.717, 1.165) is 17.4 Å². The number of carbonyl (C=O) groups excluding carboxylic acids is 1. The average Bonchev–Trinajstić information content (AvgIpc) is 2.54. The Kier molecular flexibility index (Phi) is 4.89. The van der Waals surface area contributed by atoms with Gasteiger partial charge in [0.1, 0.15) is 18.6 Å². The number of benzene rings is 2. The number of hydrogen-bond donors (Lipinski definition) is 0. The Hall–Kier alpha value is -2.86. The van der Waals surface area contributed by atoms with Gasteiger partial charge in [0.05, 0.1) is 11.6 Å². The third-order valence-corrected chi connectivity index (χ3v) is 3.11. The van der Waals surface area contributed by atoms with E-state index in [1.54, 1.807) is 30.3 Å². The smallest absolute Gasteiger partial charge is 0.150 e. The molecule has 0 amide bonds. The molecule has 0 aliphatic rings. The average molecular weight is 277 g/mol. The van der Waals surface area contributed by atoms with Crippen LogP contribution in [0.1, 0.15) is 27.0 Å². The van der Waals surface area contributed by atoms with Crippen LogP contribution in [0.25, 0.3) is 0 Å². The van der Waals surface area contributed by atoms with E-state index in [1.165, 1.54) is 0 Å². The first-order chi connectivity index (χ1) is 10.3. The van der Waals surface area contributed by atoms with Gasteiger partial charge in [0.15, 0.2) is 0 Å². The number of nitriles is 1. The number of nitrogens with zero attached hydrogens (tertiary/aromatic N) is 1. The van der Waals surface area contributed by atoms with E-state index in [4.69, 9.17) is 10.00 Å². The van der Waals surface area contributed by atoms with Gasteiger partial charge >= 0.3 is 0 Å². The van der Waals surface area contributed by atoms with Crippen LogP contribution in [0, 0.1) is 11.3 Å². The van der Waals surface area contributed by atoms with Gasteiger partial charge in [-0.2, -0.15) is 5.26 Å². The Morgan fingerprint density at radius 2 is 2.00 bits per heavy atom. The minimum atomic E-state index is 0.314. The minimum absolute atomic E-state index is 0.314. The SMILES string of the molecule is C=CCc1cc(C=O)ccc1OCc1ccccc1C#N. The number of ether oxygens (including phenoxy) is 1. The van der Waals surface area contributed by atoms with E-state index in [2.05, 4.69) is 12.6 Å². The summed E-state index contributed by atoms with van der Waals surface area (Å²) in [6.07, 6.45) is 3.19. The van der Waals surface area contributed by atoms with Crippen LogP contribution in [-0.2, 0) is 13.0 Å². The summed E-state index contributed by atoms with van der Waals surface area (Å²) in [4.78, 5) is 10.8. The lowest BCUT2D eigenvalue weighted by atomic mass is 10.1. The summed E-state index contributed by atoms with van der Waals surface area (Å²) < 4.78 is 5.80. The molecule has 104 valence electrons. The van der Waals surface area contributed by atoms with Crippen LogP contribution in [0.15, 0.2) is 55.1 Å². The molecular formula is C18H15NO2. The summed E-state index contributed by atoms with van der Waals surface area (Å²) in [5.74, 6) is 0.702. The summed E-state index contributed by atoms with van der Waals surface area (Å²) in [7, 11) is 0. The Balaban J connectivity index is 2.21. The van der Waals surface area contributed by atoms with Crippen LogP contribution in [0.2, 0.25) is 0 Å². The maximum absolute atomic E-state index is 10.8. The number of carbonyl (C=O) groups is 1. The molecule has 0 N–H and O–H groups in total. The van der Waals surface area contributed by atoms with Crippen molar-refractivity contribution in [2.45, 2.75) is 13.0 Å². The zero-order chi connectivity index (χ0) is 15.1. The third kappa shape index (κ3) is 3.58. The van der Waals surface area contributed by atoms with Crippen molar-refractivity contribution in [1.82, 2.24) is 0 Å². The summed E-state index contributed by atoms with van der Waals surface area (Å²) in [5, 5.41) is 9.07. The topological polar surface area (TPSA) is 50.1 Å². The zero-order valence-electron chi connectivity index (χ0n) is 11.6. The molecule has 3 nitrogen and oxygen atoms in total. The summed E-state index contributed by atoms with van der Waals surface area (Å²) in [5.41, 5.74) is 2.96. The van der Waals surface area contributed by atoms with Gasteiger partial charge in [0.2, 0.25) is 0 Å². The molecule has 0 bridgehead atoms. The van der Waals surface area contributed by atoms with Gasteiger partial charge in [-0.3, -0.25) is 4.79 Å². The maximum atomic E-state index is 10.8. The van der Waals surface area contributed by atoms with Crippen LogP contribution >= 0.6 is 0 Å². The maximum Gasteiger partial charge on any atom is 0.150 e. The molecule has 0 unspecified atom stereocenters. The van der Waals surface area contributed by atoms with Crippen molar-refractivity contribution in [3.8, 4) is 11.8 Å². The number of aldehydes is 1. The van der Waals surface area contributed by atoms with Crippen LogP contribution in [0.4, 0.5) is 0 Å². The largest absolute Gasteiger partial charge is 0.489 e. The van der Waals surface area contributed by atoms with E-state index in [0.29, 0.717) is 29.9 Å². The summed E-state index contributed by atoms with van der Waals surface area (Å²) in [6, 6.07) is 14.8. The molecule has 0 aliphatic carbocycles. The molecule has 0 aliphatic heterocycles. The Morgan fingerprint density at radius 3 is 2.71 bits per heavy atom. The molecule has 2 aromatic carbocycles. The fourth-order valence-corrected chi connectivity index (χ4v) is 2.04. The van der Waals surface area contributed by atoms with Gasteiger partial charge in [0.25, 0.3) is 0 Å². The molecule has 0 saturated carbocycles. The highest BCUT2D eigenvalue weighted by atomic mass is 16.5. The second-order valence-electron chi connectivity index (χ2n) is 4.54.